The van der Waals surface area contributed by atoms with Gasteiger partial charge in [0.2, 0.25) is 5.95 Å². The van der Waals surface area contributed by atoms with Gasteiger partial charge >= 0.3 is 0 Å². The Morgan fingerprint density at radius 1 is 1.15 bits per heavy atom. The van der Waals surface area contributed by atoms with Gasteiger partial charge in [-0.1, -0.05) is 42.0 Å². The van der Waals surface area contributed by atoms with Crippen molar-refractivity contribution in [1.29, 1.82) is 0 Å². The summed E-state index contributed by atoms with van der Waals surface area (Å²) >= 11 is 1.62. The molecule has 3 heterocycles. The molecule has 0 amide bonds. The van der Waals surface area contributed by atoms with Gasteiger partial charge in [-0.25, -0.2) is 0 Å². The van der Waals surface area contributed by atoms with Gasteiger partial charge in [-0.3, -0.25) is 4.57 Å². The topological polar surface area (TPSA) is 69.2 Å². The third-order valence-electron chi connectivity index (χ3n) is 4.55. The van der Waals surface area contributed by atoms with Crippen LogP contribution in [0.25, 0.3) is 5.69 Å². The van der Waals surface area contributed by atoms with Crippen molar-refractivity contribution in [1.82, 2.24) is 19.9 Å². The van der Waals surface area contributed by atoms with Crippen LogP contribution in [0.4, 0.5) is 5.95 Å². The number of rotatable bonds is 6. The Labute approximate surface area is 162 Å². The number of nitrogens with zero attached hydrogens (tertiary/aromatic N) is 5. The van der Waals surface area contributed by atoms with Crippen LogP contribution in [-0.4, -0.2) is 46.2 Å². The van der Waals surface area contributed by atoms with Gasteiger partial charge in [-0.2, -0.15) is 0 Å². The van der Waals surface area contributed by atoms with Gasteiger partial charge in [0.05, 0.1) is 24.6 Å². The zero-order valence-corrected chi connectivity index (χ0v) is 16.4. The third-order valence-corrected chi connectivity index (χ3v) is 5.51. The van der Waals surface area contributed by atoms with Crippen LogP contribution in [0.5, 0.6) is 0 Å². The second kappa shape index (κ2) is 8.14. The van der Waals surface area contributed by atoms with E-state index in [2.05, 4.69) is 56.0 Å². The van der Waals surface area contributed by atoms with Crippen molar-refractivity contribution in [2.45, 2.75) is 31.2 Å². The fourth-order valence-corrected chi connectivity index (χ4v) is 4.01. The van der Waals surface area contributed by atoms with E-state index in [1.807, 2.05) is 13.0 Å². The Balaban J connectivity index is 1.70. The first-order valence-corrected chi connectivity index (χ1v) is 10.2. The van der Waals surface area contributed by atoms with E-state index < -0.39 is 0 Å². The molecule has 0 spiro atoms. The summed E-state index contributed by atoms with van der Waals surface area (Å²) < 4.78 is 12.8. The molecular weight excluding hydrogens is 362 g/mol. The van der Waals surface area contributed by atoms with Crippen molar-refractivity contribution in [2.24, 2.45) is 0 Å². The normalized spacial score (nSPS) is 14.7. The van der Waals surface area contributed by atoms with Crippen LogP contribution < -0.4 is 4.90 Å². The molecule has 1 saturated heterocycles. The number of hydrogen-bond donors (Lipinski definition) is 0. The summed E-state index contributed by atoms with van der Waals surface area (Å²) in [5, 5.41) is 14.0. The Morgan fingerprint density at radius 2 is 1.96 bits per heavy atom. The van der Waals surface area contributed by atoms with Crippen molar-refractivity contribution < 1.29 is 9.26 Å². The standard InChI is InChI=1S/C19H23N5O2S/c1-3-15-6-4-5-7-17(15)24-18(23-8-10-25-11-9-23)20-21-19(24)27-13-16-12-14(2)26-22-16/h4-7,12H,3,8-11,13H2,1-2H3. The van der Waals surface area contributed by atoms with E-state index in [-0.39, 0.29) is 0 Å². The molecular formula is C19H23N5O2S. The molecule has 0 unspecified atom stereocenters. The van der Waals surface area contributed by atoms with Gasteiger partial charge in [0, 0.05) is 24.9 Å². The molecule has 0 saturated carbocycles. The minimum absolute atomic E-state index is 0.687. The van der Waals surface area contributed by atoms with E-state index in [4.69, 9.17) is 9.26 Å². The number of ether oxygens (including phenoxy) is 1. The molecule has 27 heavy (non-hydrogen) atoms. The van der Waals surface area contributed by atoms with E-state index in [0.29, 0.717) is 19.0 Å². The van der Waals surface area contributed by atoms with Crippen LogP contribution in [0.3, 0.4) is 0 Å². The number of benzene rings is 1. The molecule has 3 aromatic rings. The highest BCUT2D eigenvalue weighted by Crippen LogP contribution is 2.30. The van der Waals surface area contributed by atoms with Crippen LogP contribution in [0.1, 0.15) is 23.9 Å². The zero-order valence-electron chi connectivity index (χ0n) is 15.6. The molecule has 4 rings (SSSR count). The van der Waals surface area contributed by atoms with Crippen molar-refractivity contribution in [3.8, 4) is 5.69 Å². The summed E-state index contributed by atoms with van der Waals surface area (Å²) in [5.41, 5.74) is 3.31. The Kier molecular flexibility index (Phi) is 5.45. The highest BCUT2D eigenvalue weighted by Gasteiger charge is 2.23. The van der Waals surface area contributed by atoms with E-state index >= 15 is 0 Å². The summed E-state index contributed by atoms with van der Waals surface area (Å²) in [7, 11) is 0. The number of hydrogen-bond acceptors (Lipinski definition) is 7. The lowest BCUT2D eigenvalue weighted by Crippen LogP contribution is -2.38. The predicted octanol–water partition coefficient (Wildman–Crippen LogP) is 3.26. The van der Waals surface area contributed by atoms with Crippen LogP contribution in [-0.2, 0) is 16.9 Å². The fourth-order valence-electron chi connectivity index (χ4n) is 3.19. The molecule has 7 nitrogen and oxygen atoms in total. The average molecular weight is 385 g/mol. The van der Waals surface area contributed by atoms with E-state index in [9.17, 15) is 0 Å². The maximum absolute atomic E-state index is 5.50. The van der Waals surface area contributed by atoms with Crippen molar-refractivity contribution in [3.63, 3.8) is 0 Å². The van der Waals surface area contributed by atoms with Crippen molar-refractivity contribution in [3.05, 3.63) is 47.3 Å². The molecule has 1 fully saturated rings. The predicted molar refractivity (Wildman–Crippen MR) is 105 cm³/mol. The summed E-state index contributed by atoms with van der Waals surface area (Å²) in [6, 6.07) is 10.4. The molecule has 2 aromatic heterocycles. The lowest BCUT2D eigenvalue weighted by molar-refractivity contribution is 0.122. The van der Waals surface area contributed by atoms with E-state index in [1.165, 1.54) is 5.56 Å². The third kappa shape index (κ3) is 3.86. The quantitative estimate of drug-likeness (QED) is 0.603. The Hall–Kier alpha value is -2.32. The lowest BCUT2D eigenvalue weighted by Gasteiger charge is -2.28. The van der Waals surface area contributed by atoms with Crippen LogP contribution in [0.2, 0.25) is 0 Å². The molecule has 0 radical (unpaired) electrons. The highest BCUT2D eigenvalue weighted by molar-refractivity contribution is 7.98. The molecule has 0 atom stereocenters. The molecule has 1 aliphatic heterocycles. The smallest absolute Gasteiger partial charge is 0.232 e. The number of para-hydroxylation sites is 1. The van der Waals surface area contributed by atoms with Crippen LogP contribution >= 0.6 is 11.8 Å². The van der Waals surface area contributed by atoms with Crippen molar-refractivity contribution in [2.75, 3.05) is 31.2 Å². The summed E-state index contributed by atoms with van der Waals surface area (Å²) in [6.45, 7) is 7.13. The second-order valence-electron chi connectivity index (χ2n) is 6.42. The minimum atomic E-state index is 0.687. The largest absolute Gasteiger partial charge is 0.378 e. The van der Waals surface area contributed by atoms with Crippen LogP contribution in [0, 0.1) is 6.92 Å². The van der Waals surface area contributed by atoms with Gasteiger partial charge < -0.3 is 14.2 Å². The maximum atomic E-state index is 5.50. The molecule has 0 N–H and O–H groups in total. The lowest BCUT2D eigenvalue weighted by atomic mass is 10.1. The molecule has 1 aliphatic rings. The number of morpholine rings is 1. The molecule has 0 aliphatic carbocycles. The molecule has 8 heteroatoms. The summed E-state index contributed by atoms with van der Waals surface area (Å²) in [6.07, 6.45) is 0.948. The first-order chi connectivity index (χ1) is 13.3. The first kappa shape index (κ1) is 18.1. The molecule has 142 valence electrons. The summed E-state index contributed by atoms with van der Waals surface area (Å²) in [5.74, 6) is 2.38. The number of aromatic nitrogens is 4. The van der Waals surface area contributed by atoms with Crippen LogP contribution in [0.15, 0.2) is 40.0 Å². The van der Waals surface area contributed by atoms with Gasteiger partial charge in [-0.15, -0.1) is 10.2 Å². The van der Waals surface area contributed by atoms with E-state index in [1.54, 1.807) is 11.8 Å². The number of thioether (sulfide) groups is 1. The molecule has 1 aromatic carbocycles. The maximum Gasteiger partial charge on any atom is 0.232 e. The minimum Gasteiger partial charge on any atom is -0.378 e. The van der Waals surface area contributed by atoms with Gasteiger partial charge in [0.15, 0.2) is 5.16 Å². The fraction of sp³-hybridized carbons (Fsp3) is 0.421. The van der Waals surface area contributed by atoms with Crippen molar-refractivity contribution >= 4 is 17.7 Å². The Morgan fingerprint density at radius 3 is 2.70 bits per heavy atom. The van der Waals surface area contributed by atoms with E-state index in [0.717, 1.165) is 47.8 Å². The molecule has 0 bridgehead atoms. The first-order valence-electron chi connectivity index (χ1n) is 9.17. The number of anilines is 1. The SMILES string of the molecule is CCc1ccccc1-n1c(SCc2cc(C)on2)nnc1N1CCOCC1. The van der Waals surface area contributed by atoms with Gasteiger partial charge in [0.1, 0.15) is 5.76 Å². The number of aryl methyl sites for hydroxylation is 2. The second-order valence-corrected chi connectivity index (χ2v) is 7.36. The highest BCUT2D eigenvalue weighted by atomic mass is 32.2. The van der Waals surface area contributed by atoms with Gasteiger partial charge in [0.25, 0.3) is 0 Å². The summed E-state index contributed by atoms with van der Waals surface area (Å²) in [4.78, 5) is 2.24. The monoisotopic (exact) mass is 385 g/mol. The average Bonchev–Trinajstić information content (AvgIpc) is 3.33. The Bertz CT molecular complexity index is 901. The zero-order chi connectivity index (χ0) is 18.6. The van der Waals surface area contributed by atoms with Gasteiger partial charge in [-0.05, 0) is 25.0 Å².